The van der Waals surface area contributed by atoms with Crippen molar-refractivity contribution in [3.8, 4) is 27.9 Å². The number of nitrogens with zero attached hydrogens (tertiary/aromatic N) is 1. The fourth-order valence-corrected chi connectivity index (χ4v) is 6.81. The van der Waals surface area contributed by atoms with Crippen LogP contribution >= 0.6 is 0 Å². The van der Waals surface area contributed by atoms with Crippen LogP contribution in [0.3, 0.4) is 0 Å². The van der Waals surface area contributed by atoms with Crippen LogP contribution in [0, 0.1) is 20.8 Å². The molecule has 254 valence electrons. The van der Waals surface area contributed by atoms with Crippen molar-refractivity contribution in [1.82, 2.24) is 4.57 Å². The minimum absolute atomic E-state index is 0.589. The van der Waals surface area contributed by atoms with Crippen LogP contribution in [-0.2, 0) is 0 Å². The van der Waals surface area contributed by atoms with Crippen LogP contribution in [0.5, 0.6) is 0 Å². The maximum atomic E-state index is 2.38. The minimum Gasteiger partial charge on any atom is -0.309 e. The van der Waals surface area contributed by atoms with E-state index in [2.05, 4.69) is 207 Å². The lowest BCUT2D eigenvalue weighted by molar-refractivity contribution is 0.853. The van der Waals surface area contributed by atoms with E-state index in [1.807, 2.05) is 18.2 Å². The Morgan fingerprint density at radius 3 is 1.65 bits per heavy atom. The van der Waals surface area contributed by atoms with Gasteiger partial charge in [0.15, 0.2) is 0 Å². The first-order valence-corrected chi connectivity index (χ1v) is 18.2. The van der Waals surface area contributed by atoms with Crippen molar-refractivity contribution >= 4 is 21.8 Å². The van der Waals surface area contributed by atoms with Crippen LogP contribution in [0.4, 0.5) is 0 Å². The molecule has 0 amide bonds. The average Bonchev–Trinajstić information content (AvgIpc) is 3.54. The van der Waals surface area contributed by atoms with E-state index in [9.17, 15) is 0 Å². The molecule has 8 aromatic rings. The maximum Gasteiger partial charge on any atom is 0.0541 e. The van der Waals surface area contributed by atoms with Crippen LogP contribution < -0.4 is 0 Å². The molecule has 0 aliphatic heterocycles. The molecule has 1 aromatic heterocycles. The zero-order valence-electron chi connectivity index (χ0n) is 30.3. The topological polar surface area (TPSA) is 4.93 Å². The number of aromatic nitrogens is 1. The predicted molar refractivity (Wildman–Crippen MR) is 224 cm³/mol. The largest absolute Gasteiger partial charge is 0.309 e. The maximum absolute atomic E-state index is 2.38. The van der Waals surface area contributed by atoms with Crippen LogP contribution in [0.2, 0.25) is 0 Å². The van der Waals surface area contributed by atoms with Crippen molar-refractivity contribution in [2.75, 3.05) is 0 Å². The highest BCUT2D eigenvalue weighted by Crippen LogP contribution is 2.36. The second kappa shape index (κ2) is 16.2. The Balaban J connectivity index is 0.000000171. The number of hydrogen-bond donors (Lipinski definition) is 0. The third kappa shape index (κ3) is 8.06. The first kappa shape index (κ1) is 34.3. The van der Waals surface area contributed by atoms with Crippen molar-refractivity contribution in [3.63, 3.8) is 0 Å². The van der Waals surface area contributed by atoms with Crippen molar-refractivity contribution in [1.29, 1.82) is 0 Å². The van der Waals surface area contributed by atoms with Crippen LogP contribution in [0.15, 0.2) is 200 Å². The van der Waals surface area contributed by atoms with Crippen molar-refractivity contribution in [2.24, 2.45) is 0 Å². The Bertz CT molecular complexity index is 2430. The summed E-state index contributed by atoms with van der Waals surface area (Å²) in [5.74, 6) is 0.589. The van der Waals surface area contributed by atoms with E-state index in [1.54, 1.807) is 0 Å². The zero-order valence-corrected chi connectivity index (χ0v) is 30.3. The second-order valence-corrected chi connectivity index (χ2v) is 13.6. The molecular weight excluding hydrogens is 627 g/mol. The summed E-state index contributed by atoms with van der Waals surface area (Å²) in [5, 5.41) is 2.56. The Morgan fingerprint density at radius 1 is 0.423 bits per heavy atom. The van der Waals surface area contributed by atoms with E-state index < -0.39 is 0 Å². The first-order chi connectivity index (χ1) is 25.5. The van der Waals surface area contributed by atoms with Crippen LogP contribution in [-0.4, -0.2) is 4.57 Å². The number of aryl methyl sites for hydroxylation is 3. The van der Waals surface area contributed by atoms with Gasteiger partial charge in [0, 0.05) is 22.4 Å². The van der Waals surface area contributed by atoms with E-state index in [0.717, 1.165) is 6.42 Å². The van der Waals surface area contributed by atoms with E-state index in [1.165, 1.54) is 72.0 Å². The van der Waals surface area contributed by atoms with Crippen LogP contribution in [0.1, 0.15) is 34.6 Å². The predicted octanol–water partition coefficient (Wildman–Crippen LogP) is 14.0. The number of rotatable bonds is 4. The van der Waals surface area contributed by atoms with Crippen LogP contribution in [0.25, 0.3) is 49.7 Å². The molecule has 1 nitrogen and oxygen atoms in total. The fourth-order valence-electron chi connectivity index (χ4n) is 6.81. The zero-order chi connectivity index (χ0) is 35.7. The van der Waals surface area contributed by atoms with Gasteiger partial charge in [-0.15, -0.1) is 0 Å². The molecule has 9 rings (SSSR count). The van der Waals surface area contributed by atoms with Gasteiger partial charge in [0.1, 0.15) is 0 Å². The highest BCUT2D eigenvalue weighted by molar-refractivity contribution is 6.10. The molecule has 1 aliphatic rings. The Morgan fingerprint density at radius 2 is 0.981 bits per heavy atom. The molecule has 0 N–H and O–H groups in total. The Kier molecular flexibility index (Phi) is 10.7. The first-order valence-electron chi connectivity index (χ1n) is 18.2. The average molecular weight is 672 g/mol. The van der Waals surface area contributed by atoms with Crippen molar-refractivity contribution in [2.45, 2.75) is 33.1 Å². The summed E-state index contributed by atoms with van der Waals surface area (Å²) in [6.45, 7) is 6.34. The molecule has 1 aliphatic carbocycles. The highest BCUT2D eigenvalue weighted by atomic mass is 15.0. The molecule has 7 aromatic carbocycles. The molecule has 0 spiro atoms. The molecule has 1 heteroatoms. The smallest absolute Gasteiger partial charge is 0.0541 e. The van der Waals surface area contributed by atoms with Gasteiger partial charge in [-0.05, 0) is 85.3 Å². The van der Waals surface area contributed by atoms with Gasteiger partial charge in [-0.3, -0.25) is 0 Å². The van der Waals surface area contributed by atoms with Crippen molar-refractivity contribution < 1.29 is 0 Å². The SMILES string of the molecule is Cc1ccc(-c2ccc3c(c2)c2ccccc2n3-c2cccc(-c3ccccc3)c2)cc1.Cc1ccc(C2C=CC=CC2)cc1.Cc1ccccc1. The quantitative estimate of drug-likeness (QED) is 0.175. The third-order valence-corrected chi connectivity index (χ3v) is 9.70. The summed E-state index contributed by atoms with van der Waals surface area (Å²) in [6.07, 6.45) is 9.88. The van der Waals surface area contributed by atoms with Gasteiger partial charge in [0.2, 0.25) is 0 Å². The number of fused-ring (bicyclic) bond motifs is 3. The molecule has 0 radical (unpaired) electrons. The molecule has 1 atom stereocenters. The molecule has 1 unspecified atom stereocenters. The van der Waals surface area contributed by atoms with Gasteiger partial charge < -0.3 is 4.57 Å². The Hall–Kier alpha value is -6.18. The van der Waals surface area contributed by atoms with Gasteiger partial charge in [-0.1, -0.05) is 187 Å². The third-order valence-electron chi connectivity index (χ3n) is 9.70. The van der Waals surface area contributed by atoms with Crippen molar-refractivity contribution in [3.05, 3.63) is 222 Å². The van der Waals surface area contributed by atoms with Gasteiger partial charge in [0.25, 0.3) is 0 Å². The lowest BCUT2D eigenvalue weighted by Gasteiger charge is -2.13. The van der Waals surface area contributed by atoms with E-state index in [4.69, 9.17) is 0 Å². The Labute approximate surface area is 308 Å². The molecule has 1 heterocycles. The summed E-state index contributed by atoms with van der Waals surface area (Å²) in [6, 6.07) is 62.8. The second-order valence-electron chi connectivity index (χ2n) is 13.6. The summed E-state index contributed by atoms with van der Waals surface area (Å²) >= 11 is 0. The number of para-hydroxylation sites is 1. The van der Waals surface area contributed by atoms with E-state index >= 15 is 0 Å². The van der Waals surface area contributed by atoms with Gasteiger partial charge >= 0.3 is 0 Å². The fraction of sp³-hybridized carbons (Fsp3) is 0.0980. The van der Waals surface area contributed by atoms with Gasteiger partial charge in [0.05, 0.1) is 11.0 Å². The summed E-state index contributed by atoms with van der Waals surface area (Å²) in [7, 11) is 0. The highest BCUT2D eigenvalue weighted by Gasteiger charge is 2.14. The van der Waals surface area contributed by atoms with E-state index in [0.29, 0.717) is 5.92 Å². The summed E-state index contributed by atoms with van der Waals surface area (Å²) in [5.41, 5.74) is 14.0. The van der Waals surface area contributed by atoms with Gasteiger partial charge in [-0.25, -0.2) is 0 Å². The number of allylic oxidation sites excluding steroid dienone is 4. The molecule has 0 fully saturated rings. The lowest BCUT2D eigenvalue weighted by Crippen LogP contribution is -1.95. The molecule has 0 bridgehead atoms. The minimum atomic E-state index is 0.589. The van der Waals surface area contributed by atoms with Gasteiger partial charge in [-0.2, -0.15) is 0 Å². The monoisotopic (exact) mass is 671 g/mol. The summed E-state index contributed by atoms with van der Waals surface area (Å²) in [4.78, 5) is 0. The molecule has 0 saturated carbocycles. The molecule has 52 heavy (non-hydrogen) atoms. The lowest BCUT2D eigenvalue weighted by atomic mass is 9.92. The number of benzene rings is 7. The molecular formula is C51H45N. The normalized spacial score (nSPS) is 13.2. The van der Waals surface area contributed by atoms with E-state index in [-0.39, 0.29) is 0 Å². The summed E-state index contributed by atoms with van der Waals surface area (Å²) < 4.78 is 2.38. The standard InChI is InChI=1S/C31H23N.C13H14.C7H8/c1-22-14-16-24(17-15-22)26-18-19-31-29(21-26)28-12-5-6-13-30(28)32(31)27-11-7-10-25(20-27)23-8-3-2-4-9-23;1-11-7-9-13(10-8-11)12-5-3-2-4-6-12;1-7-5-3-2-4-6-7/h2-21H,1H3;2-5,7-10,12H,6H2,1H3;2-6H,1H3. The number of hydrogen-bond acceptors (Lipinski definition) is 0. The molecule has 0 saturated heterocycles.